The van der Waals surface area contributed by atoms with Gasteiger partial charge in [-0.1, -0.05) is 6.58 Å². The largest absolute Gasteiger partial charge is 0.506 e. The number of hydrogen-bond acceptors (Lipinski definition) is 3. The van der Waals surface area contributed by atoms with E-state index in [0.29, 0.717) is 18.4 Å². The Kier molecular flexibility index (Phi) is 4.34. The Morgan fingerprint density at radius 1 is 1.31 bits per heavy atom. The number of carboxylic acid groups (broad SMARTS) is 1. The minimum absolute atomic E-state index is 0.109. The van der Waals surface area contributed by atoms with Crippen molar-refractivity contribution in [3.8, 4) is 0 Å². The van der Waals surface area contributed by atoms with E-state index < -0.39 is 6.16 Å². The Labute approximate surface area is 94.5 Å². The van der Waals surface area contributed by atoms with Gasteiger partial charge in [0.2, 0.25) is 5.91 Å². The Morgan fingerprint density at radius 2 is 1.88 bits per heavy atom. The lowest BCUT2D eigenvalue weighted by molar-refractivity contribution is -0.118. The van der Waals surface area contributed by atoms with Gasteiger partial charge in [0.15, 0.2) is 0 Å². The summed E-state index contributed by atoms with van der Waals surface area (Å²) in [5.74, 6) is -0.136. The van der Waals surface area contributed by atoms with Gasteiger partial charge in [0, 0.05) is 11.6 Å². The van der Waals surface area contributed by atoms with E-state index >= 15 is 0 Å². The normalized spacial score (nSPS) is 24.6. The minimum atomic E-state index is -1.23. The summed E-state index contributed by atoms with van der Waals surface area (Å²) < 4.78 is 4.68. The average molecular weight is 227 g/mol. The molecule has 5 nitrogen and oxygen atoms in total. The lowest BCUT2D eigenvalue weighted by Gasteiger charge is -2.28. The molecular formula is C11H17NO4. The van der Waals surface area contributed by atoms with Crippen LogP contribution in [-0.2, 0) is 9.53 Å². The van der Waals surface area contributed by atoms with Crippen LogP contribution in [0.5, 0.6) is 0 Å². The van der Waals surface area contributed by atoms with Gasteiger partial charge in [-0.15, -0.1) is 0 Å². The zero-order chi connectivity index (χ0) is 12.1. The molecule has 0 spiro atoms. The highest BCUT2D eigenvalue weighted by Crippen LogP contribution is 2.21. The van der Waals surface area contributed by atoms with Crippen molar-refractivity contribution in [2.75, 3.05) is 0 Å². The van der Waals surface area contributed by atoms with Crippen molar-refractivity contribution in [1.82, 2.24) is 5.32 Å². The quantitative estimate of drug-likeness (QED) is 0.568. The van der Waals surface area contributed by atoms with Crippen LogP contribution in [0.2, 0.25) is 0 Å². The monoisotopic (exact) mass is 227 g/mol. The van der Waals surface area contributed by atoms with E-state index in [1.165, 1.54) is 0 Å². The lowest BCUT2D eigenvalue weighted by Crippen LogP contribution is -2.39. The van der Waals surface area contributed by atoms with Crippen LogP contribution in [0, 0.1) is 0 Å². The first-order chi connectivity index (χ1) is 7.49. The van der Waals surface area contributed by atoms with E-state index in [1.807, 2.05) is 0 Å². The standard InChI is InChI=1S/C11H17NO4/c1-7(2)10(13)12-8-3-5-9(6-4-8)16-11(14)15/h8-9H,1,3-6H2,2H3,(H,12,13)(H,14,15). The van der Waals surface area contributed by atoms with Crippen molar-refractivity contribution in [1.29, 1.82) is 0 Å². The van der Waals surface area contributed by atoms with E-state index in [2.05, 4.69) is 16.6 Å². The molecule has 90 valence electrons. The molecule has 0 atom stereocenters. The van der Waals surface area contributed by atoms with Crippen LogP contribution in [0.25, 0.3) is 0 Å². The Hall–Kier alpha value is -1.52. The third kappa shape index (κ3) is 3.92. The summed E-state index contributed by atoms with van der Waals surface area (Å²) in [6.07, 6.45) is 1.36. The second-order valence-corrected chi connectivity index (χ2v) is 4.11. The number of hydrogen-bond donors (Lipinski definition) is 2. The molecule has 16 heavy (non-hydrogen) atoms. The Bertz CT molecular complexity index is 292. The van der Waals surface area contributed by atoms with Gasteiger partial charge in [-0.25, -0.2) is 4.79 Å². The first-order valence-electron chi connectivity index (χ1n) is 5.35. The second kappa shape index (κ2) is 5.53. The number of amides is 1. The first-order valence-corrected chi connectivity index (χ1v) is 5.35. The van der Waals surface area contributed by atoms with E-state index in [1.54, 1.807) is 6.92 Å². The molecule has 0 aromatic heterocycles. The van der Waals surface area contributed by atoms with E-state index in [9.17, 15) is 9.59 Å². The highest BCUT2D eigenvalue weighted by atomic mass is 16.7. The van der Waals surface area contributed by atoms with Crippen LogP contribution in [0.15, 0.2) is 12.2 Å². The molecule has 0 bridgehead atoms. The minimum Gasteiger partial charge on any atom is -0.450 e. The molecule has 1 fully saturated rings. The number of rotatable bonds is 3. The van der Waals surface area contributed by atoms with Crippen molar-refractivity contribution in [3.63, 3.8) is 0 Å². The number of carbonyl (C=O) groups is 2. The number of ether oxygens (including phenoxy) is 1. The Morgan fingerprint density at radius 3 is 2.31 bits per heavy atom. The molecule has 0 unspecified atom stereocenters. The highest BCUT2D eigenvalue weighted by Gasteiger charge is 2.24. The van der Waals surface area contributed by atoms with Gasteiger partial charge in [0.25, 0.3) is 0 Å². The van der Waals surface area contributed by atoms with E-state index in [4.69, 9.17) is 5.11 Å². The molecule has 0 saturated heterocycles. The fourth-order valence-corrected chi connectivity index (χ4v) is 1.78. The van der Waals surface area contributed by atoms with Gasteiger partial charge in [0.05, 0.1) is 0 Å². The maximum absolute atomic E-state index is 11.3. The molecule has 0 aromatic rings. The molecule has 1 amide bonds. The predicted octanol–water partition coefficient (Wildman–Crippen LogP) is 1.68. The fraction of sp³-hybridized carbons (Fsp3) is 0.636. The fourth-order valence-electron chi connectivity index (χ4n) is 1.78. The summed E-state index contributed by atoms with van der Waals surface area (Å²) in [5.41, 5.74) is 0.490. The van der Waals surface area contributed by atoms with Crippen LogP contribution < -0.4 is 5.32 Å². The van der Waals surface area contributed by atoms with Crippen LogP contribution in [-0.4, -0.2) is 29.3 Å². The topological polar surface area (TPSA) is 75.6 Å². The third-order valence-corrected chi connectivity index (χ3v) is 2.66. The van der Waals surface area contributed by atoms with E-state index in [0.717, 1.165) is 12.8 Å². The second-order valence-electron chi connectivity index (χ2n) is 4.11. The molecule has 1 saturated carbocycles. The summed E-state index contributed by atoms with van der Waals surface area (Å²) in [5, 5.41) is 11.3. The predicted molar refractivity (Wildman–Crippen MR) is 58.1 cm³/mol. The summed E-state index contributed by atoms with van der Waals surface area (Å²) in [6.45, 7) is 5.22. The molecule has 1 rings (SSSR count). The molecule has 0 radical (unpaired) electrons. The van der Waals surface area contributed by atoms with E-state index in [-0.39, 0.29) is 18.1 Å². The molecule has 1 aliphatic carbocycles. The molecule has 0 heterocycles. The summed E-state index contributed by atoms with van der Waals surface area (Å²) in [4.78, 5) is 21.6. The molecule has 2 N–H and O–H groups in total. The van der Waals surface area contributed by atoms with Crippen LogP contribution in [0.3, 0.4) is 0 Å². The first kappa shape index (κ1) is 12.5. The van der Waals surface area contributed by atoms with Crippen LogP contribution >= 0.6 is 0 Å². The molecular weight excluding hydrogens is 210 g/mol. The smallest absolute Gasteiger partial charge is 0.450 e. The summed E-state index contributed by atoms with van der Waals surface area (Å²) in [7, 11) is 0. The highest BCUT2D eigenvalue weighted by molar-refractivity contribution is 5.92. The van der Waals surface area contributed by atoms with Gasteiger partial charge in [0.1, 0.15) is 6.10 Å². The van der Waals surface area contributed by atoms with Crippen LogP contribution in [0.4, 0.5) is 4.79 Å². The van der Waals surface area contributed by atoms with Gasteiger partial charge in [-0.2, -0.15) is 0 Å². The molecule has 0 aromatic carbocycles. The number of carbonyl (C=O) groups excluding carboxylic acids is 1. The number of nitrogens with one attached hydrogen (secondary N) is 1. The van der Waals surface area contributed by atoms with Crippen molar-refractivity contribution >= 4 is 12.1 Å². The molecule has 5 heteroatoms. The average Bonchev–Trinajstić information content (AvgIpc) is 2.20. The zero-order valence-electron chi connectivity index (χ0n) is 9.36. The lowest BCUT2D eigenvalue weighted by atomic mass is 9.93. The van der Waals surface area contributed by atoms with Gasteiger partial charge < -0.3 is 15.2 Å². The van der Waals surface area contributed by atoms with Crippen molar-refractivity contribution in [2.45, 2.75) is 44.8 Å². The summed E-state index contributed by atoms with van der Waals surface area (Å²) in [6, 6.07) is 0.109. The SMILES string of the molecule is C=C(C)C(=O)NC1CCC(OC(=O)O)CC1. The van der Waals surface area contributed by atoms with Crippen LogP contribution in [0.1, 0.15) is 32.6 Å². The van der Waals surface area contributed by atoms with Gasteiger partial charge >= 0.3 is 6.16 Å². The Balaban J connectivity index is 2.29. The molecule has 0 aliphatic heterocycles. The van der Waals surface area contributed by atoms with Gasteiger partial charge in [-0.05, 0) is 32.6 Å². The third-order valence-electron chi connectivity index (χ3n) is 2.66. The maximum Gasteiger partial charge on any atom is 0.506 e. The van der Waals surface area contributed by atoms with Gasteiger partial charge in [-0.3, -0.25) is 4.79 Å². The van der Waals surface area contributed by atoms with Crippen molar-refractivity contribution in [3.05, 3.63) is 12.2 Å². The maximum atomic E-state index is 11.3. The summed E-state index contributed by atoms with van der Waals surface area (Å²) >= 11 is 0. The van der Waals surface area contributed by atoms with Crippen molar-refractivity contribution in [2.24, 2.45) is 0 Å². The zero-order valence-corrected chi connectivity index (χ0v) is 9.36. The molecule has 1 aliphatic rings. The van der Waals surface area contributed by atoms with Crippen molar-refractivity contribution < 1.29 is 19.4 Å².